The van der Waals surface area contributed by atoms with Gasteiger partial charge in [0.25, 0.3) is 0 Å². The van der Waals surface area contributed by atoms with Crippen LogP contribution in [0, 0.1) is 28.6 Å². The van der Waals surface area contributed by atoms with E-state index in [4.69, 9.17) is 13.6 Å². The van der Waals surface area contributed by atoms with Crippen molar-refractivity contribution in [3.05, 3.63) is 35.1 Å². The first-order valence-electron chi connectivity index (χ1n) is 14.2. The standard InChI is InChI=1S/C30H47FO5Si2/c1-19-15-24-23-12-11-21-16-22(33)13-14-29(21,4)30(23,31)26(36-38(8,9)10)17-28(24,3)27(19)25(18-34-20(2)32)35-37(5,6)7/h13-14,16,19,23-24,26H,11-12,15,17-18H2,1-10H3/t19-,23+,24+,26+,28+,29+,30+/m1/s1. The average Bonchev–Trinajstić information content (AvgIpc) is 3.00. The Bertz CT molecular complexity index is 1100. The minimum absolute atomic E-state index is 0.0545. The highest BCUT2D eigenvalue weighted by atomic mass is 28.4. The van der Waals surface area contributed by atoms with E-state index in [2.05, 4.69) is 53.1 Å². The predicted octanol–water partition coefficient (Wildman–Crippen LogP) is 7.13. The topological polar surface area (TPSA) is 61.8 Å². The zero-order valence-electron chi connectivity index (χ0n) is 25.0. The number of ketones is 1. The van der Waals surface area contributed by atoms with Crippen LogP contribution < -0.4 is 0 Å². The summed E-state index contributed by atoms with van der Waals surface area (Å²) in [6.45, 7) is 20.8. The van der Waals surface area contributed by atoms with Crippen LogP contribution in [0.5, 0.6) is 0 Å². The molecule has 8 heteroatoms. The molecule has 212 valence electrons. The summed E-state index contributed by atoms with van der Waals surface area (Å²) >= 11 is 0. The number of alkyl halides is 1. The SMILES string of the molecule is CC(=O)OCC(O[Si](C)(C)C)=C1[C@H](C)C[C@H]2[C@@H]3CCC4=CC(=O)C=C[C@]4(C)[C@@]3(F)[C@@H](O[Si](C)(C)C)C[C@]12C. The number of carbonyl (C=O) groups is 2. The van der Waals surface area contributed by atoms with Gasteiger partial charge < -0.3 is 13.6 Å². The highest BCUT2D eigenvalue weighted by molar-refractivity contribution is 6.70. The van der Waals surface area contributed by atoms with Gasteiger partial charge in [-0.3, -0.25) is 9.59 Å². The number of esters is 1. The molecular formula is C30H47FO5Si2. The quantitative estimate of drug-likeness (QED) is 0.196. The van der Waals surface area contributed by atoms with E-state index in [0.717, 1.165) is 17.8 Å². The van der Waals surface area contributed by atoms with Gasteiger partial charge in [0.2, 0.25) is 8.32 Å². The highest BCUT2D eigenvalue weighted by Gasteiger charge is 2.71. The van der Waals surface area contributed by atoms with E-state index in [9.17, 15) is 9.59 Å². The zero-order valence-corrected chi connectivity index (χ0v) is 27.0. The lowest BCUT2D eigenvalue weighted by molar-refractivity contribution is -0.178. The van der Waals surface area contributed by atoms with Gasteiger partial charge in [-0.25, -0.2) is 4.39 Å². The molecule has 0 aromatic heterocycles. The van der Waals surface area contributed by atoms with Crippen molar-refractivity contribution in [2.45, 2.75) is 104 Å². The zero-order chi connectivity index (χ0) is 28.5. The van der Waals surface area contributed by atoms with Gasteiger partial charge >= 0.3 is 5.97 Å². The number of allylic oxidation sites excluding steroid dienone is 5. The van der Waals surface area contributed by atoms with Gasteiger partial charge in [-0.05, 0) is 107 Å². The second-order valence-corrected chi connectivity index (χ2v) is 23.3. The molecule has 7 atom stereocenters. The molecule has 0 unspecified atom stereocenters. The fourth-order valence-electron chi connectivity index (χ4n) is 8.18. The number of carbonyl (C=O) groups excluding carboxylic acids is 2. The number of ether oxygens (including phenoxy) is 1. The van der Waals surface area contributed by atoms with Crippen LogP contribution in [0.2, 0.25) is 39.3 Å². The minimum atomic E-state index is -2.14. The maximum atomic E-state index is 18.2. The smallest absolute Gasteiger partial charge is 0.303 e. The fourth-order valence-corrected chi connectivity index (χ4v) is 10.2. The Balaban J connectivity index is 1.89. The summed E-state index contributed by atoms with van der Waals surface area (Å²) in [5.74, 6) is 0.432. The number of hydrogen-bond donors (Lipinski definition) is 0. The monoisotopic (exact) mass is 562 g/mol. The summed E-state index contributed by atoms with van der Waals surface area (Å²) in [6, 6.07) is 0. The van der Waals surface area contributed by atoms with Crippen molar-refractivity contribution < 1.29 is 27.6 Å². The molecular weight excluding hydrogens is 515 g/mol. The first-order valence-corrected chi connectivity index (χ1v) is 21.0. The summed E-state index contributed by atoms with van der Waals surface area (Å²) in [5, 5.41) is 0. The molecule has 0 spiro atoms. The number of hydrogen-bond acceptors (Lipinski definition) is 5. The summed E-state index contributed by atoms with van der Waals surface area (Å²) in [5.41, 5.74) is -0.760. The van der Waals surface area contributed by atoms with Gasteiger partial charge in [0.05, 0.1) is 6.10 Å². The molecule has 5 nitrogen and oxygen atoms in total. The van der Waals surface area contributed by atoms with Gasteiger partial charge in [0.1, 0.15) is 12.4 Å². The molecule has 0 heterocycles. The normalized spacial score (nSPS) is 40.1. The molecule has 4 rings (SSSR count). The maximum absolute atomic E-state index is 18.2. The van der Waals surface area contributed by atoms with Gasteiger partial charge in [-0.2, -0.15) is 0 Å². The molecule has 0 aromatic rings. The predicted molar refractivity (Wildman–Crippen MR) is 153 cm³/mol. The lowest BCUT2D eigenvalue weighted by atomic mass is 9.45. The van der Waals surface area contributed by atoms with Crippen LogP contribution in [0.3, 0.4) is 0 Å². The van der Waals surface area contributed by atoms with Crippen LogP contribution in [0.25, 0.3) is 0 Å². The fraction of sp³-hybridized carbons (Fsp3) is 0.733. The van der Waals surface area contributed by atoms with E-state index < -0.39 is 33.8 Å². The van der Waals surface area contributed by atoms with Crippen LogP contribution >= 0.6 is 0 Å². The van der Waals surface area contributed by atoms with Gasteiger partial charge in [-0.15, -0.1) is 0 Å². The second kappa shape index (κ2) is 9.55. The third-order valence-electron chi connectivity index (χ3n) is 9.35. The molecule has 4 aliphatic rings. The van der Waals surface area contributed by atoms with Crippen molar-refractivity contribution in [2.24, 2.45) is 28.6 Å². The summed E-state index contributed by atoms with van der Waals surface area (Å²) < 4.78 is 37.2. The molecule has 0 N–H and O–H groups in total. The van der Waals surface area contributed by atoms with E-state index in [1.54, 1.807) is 12.2 Å². The lowest BCUT2D eigenvalue weighted by Gasteiger charge is -2.63. The van der Waals surface area contributed by atoms with Crippen molar-refractivity contribution >= 4 is 28.4 Å². The van der Waals surface area contributed by atoms with E-state index in [1.165, 1.54) is 12.5 Å². The first kappa shape index (κ1) is 29.5. The van der Waals surface area contributed by atoms with Crippen molar-refractivity contribution in [3.63, 3.8) is 0 Å². The van der Waals surface area contributed by atoms with Crippen LogP contribution in [-0.2, 0) is 23.2 Å². The highest BCUT2D eigenvalue weighted by Crippen LogP contribution is 2.70. The molecule has 0 bridgehead atoms. The van der Waals surface area contributed by atoms with Crippen LogP contribution in [0.1, 0.15) is 53.4 Å². The molecule has 3 saturated carbocycles. The molecule has 0 aromatic carbocycles. The van der Waals surface area contributed by atoms with Crippen LogP contribution in [0.4, 0.5) is 4.39 Å². The molecule has 0 amide bonds. The minimum Gasteiger partial charge on any atom is -0.545 e. The Kier molecular flexibility index (Phi) is 7.40. The van der Waals surface area contributed by atoms with E-state index >= 15 is 4.39 Å². The Morgan fingerprint density at radius 1 is 1.11 bits per heavy atom. The molecule has 38 heavy (non-hydrogen) atoms. The molecule has 3 fully saturated rings. The van der Waals surface area contributed by atoms with Crippen LogP contribution in [-0.4, -0.2) is 46.8 Å². The second-order valence-electron chi connectivity index (χ2n) is 14.4. The third-order valence-corrected chi connectivity index (χ3v) is 11.2. The molecule has 4 aliphatic carbocycles. The molecule has 0 saturated heterocycles. The lowest BCUT2D eigenvalue weighted by Crippen LogP contribution is -2.67. The summed E-state index contributed by atoms with van der Waals surface area (Å²) in [4.78, 5) is 24.1. The third kappa shape index (κ3) is 4.94. The van der Waals surface area contributed by atoms with Crippen molar-refractivity contribution in [1.82, 2.24) is 0 Å². The maximum Gasteiger partial charge on any atom is 0.303 e. The average molecular weight is 563 g/mol. The van der Waals surface area contributed by atoms with Crippen molar-refractivity contribution in [3.8, 4) is 0 Å². The van der Waals surface area contributed by atoms with E-state index in [-0.39, 0.29) is 41.5 Å². The summed E-state index contributed by atoms with van der Waals surface area (Å²) in [6.07, 6.45) is 7.24. The first-order chi connectivity index (χ1) is 17.3. The molecule has 0 aliphatic heterocycles. The Morgan fingerprint density at radius 2 is 1.76 bits per heavy atom. The van der Waals surface area contributed by atoms with Crippen molar-refractivity contribution in [1.29, 1.82) is 0 Å². The van der Waals surface area contributed by atoms with Crippen molar-refractivity contribution in [2.75, 3.05) is 6.61 Å². The molecule has 0 radical (unpaired) electrons. The van der Waals surface area contributed by atoms with E-state index in [1.807, 2.05) is 13.0 Å². The van der Waals surface area contributed by atoms with Gasteiger partial charge in [-0.1, -0.05) is 25.5 Å². The van der Waals surface area contributed by atoms with E-state index in [0.29, 0.717) is 19.3 Å². The number of halogens is 1. The Hall–Kier alpha value is -1.52. The van der Waals surface area contributed by atoms with Crippen LogP contribution in [0.15, 0.2) is 35.1 Å². The summed E-state index contributed by atoms with van der Waals surface area (Å²) in [7, 11) is -4.16. The number of rotatable bonds is 6. The number of fused-ring (bicyclic) bond motifs is 5. The Labute approximate surface area is 230 Å². The van der Waals surface area contributed by atoms with Gasteiger partial charge in [0, 0.05) is 18.3 Å². The van der Waals surface area contributed by atoms with Gasteiger partial charge in [0.15, 0.2) is 19.8 Å². The Morgan fingerprint density at radius 3 is 2.34 bits per heavy atom. The largest absolute Gasteiger partial charge is 0.545 e.